The Labute approximate surface area is 93.6 Å². The highest BCUT2D eigenvalue weighted by Crippen LogP contribution is 1.98. The standard InChI is InChI=1S/C7H15N3O5S/c1-5(2)9-16(14,15)10(3-6(8)11)4-7(12)13/h5,9H,3-4H2,1-2H3,(H2,8,11)(H,12,13). The predicted octanol–water partition coefficient (Wildman–Crippen LogP) is -1.90. The molecule has 0 aliphatic carbocycles. The molecule has 0 spiro atoms. The number of amides is 1. The quantitative estimate of drug-likeness (QED) is 0.488. The van der Waals surface area contributed by atoms with Gasteiger partial charge in [-0.25, -0.2) is 0 Å². The Bertz CT molecular complexity index is 348. The predicted molar refractivity (Wildman–Crippen MR) is 55.6 cm³/mol. The number of hydrogen-bond donors (Lipinski definition) is 3. The zero-order valence-corrected chi connectivity index (χ0v) is 9.82. The van der Waals surface area contributed by atoms with E-state index >= 15 is 0 Å². The van der Waals surface area contributed by atoms with Crippen LogP contribution in [0.2, 0.25) is 0 Å². The zero-order chi connectivity index (χ0) is 12.9. The molecule has 0 heterocycles. The van der Waals surface area contributed by atoms with Crippen LogP contribution >= 0.6 is 0 Å². The average molecular weight is 253 g/mol. The van der Waals surface area contributed by atoms with Gasteiger partial charge in [0.25, 0.3) is 10.2 Å². The Kier molecular flexibility index (Phi) is 5.35. The summed E-state index contributed by atoms with van der Waals surface area (Å²) in [6.45, 7) is 1.65. The van der Waals surface area contributed by atoms with E-state index in [4.69, 9.17) is 10.8 Å². The van der Waals surface area contributed by atoms with Crippen molar-refractivity contribution in [2.24, 2.45) is 5.73 Å². The van der Waals surface area contributed by atoms with Crippen molar-refractivity contribution in [1.82, 2.24) is 9.03 Å². The lowest BCUT2D eigenvalue weighted by atomic mass is 10.4. The summed E-state index contributed by atoms with van der Waals surface area (Å²) in [5.74, 6) is -2.29. The van der Waals surface area contributed by atoms with Crippen molar-refractivity contribution in [2.75, 3.05) is 13.1 Å². The van der Waals surface area contributed by atoms with Gasteiger partial charge in [0.15, 0.2) is 0 Å². The number of rotatable bonds is 7. The third kappa shape index (κ3) is 5.63. The fourth-order valence-corrected chi connectivity index (χ4v) is 2.25. The van der Waals surface area contributed by atoms with E-state index in [1.54, 1.807) is 13.8 Å². The number of primary amides is 1. The average Bonchev–Trinajstić information content (AvgIpc) is 1.98. The van der Waals surface area contributed by atoms with Gasteiger partial charge in [-0.05, 0) is 13.8 Å². The van der Waals surface area contributed by atoms with Crippen molar-refractivity contribution in [2.45, 2.75) is 19.9 Å². The molecule has 0 aromatic carbocycles. The van der Waals surface area contributed by atoms with Crippen LogP contribution in [0.5, 0.6) is 0 Å². The van der Waals surface area contributed by atoms with Gasteiger partial charge < -0.3 is 10.8 Å². The first-order chi connectivity index (χ1) is 7.15. The normalized spacial score (nSPS) is 12.0. The Balaban J connectivity index is 4.86. The van der Waals surface area contributed by atoms with Crippen molar-refractivity contribution < 1.29 is 23.1 Å². The lowest BCUT2D eigenvalue weighted by Crippen LogP contribution is -2.48. The molecule has 0 aromatic heterocycles. The lowest BCUT2D eigenvalue weighted by Gasteiger charge is -2.20. The zero-order valence-electron chi connectivity index (χ0n) is 9.00. The molecule has 8 nitrogen and oxygen atoms in total. The fourth-order valence-electron chi connectivity index (χ4n) is 0.923. The number of carbonyl (C=O) groups excluding carboxylic acids is 1. The molecule has 9 heteroatoms. The van der Waals surface area contributed by atoms with Crippen LogP contribution in [0, 0.1) is 0 Å². The number of nitrogens with zero attached hydrogens (tertiary/aromatic N) is 1. The van der Waals surface area contributed by atoms with Gasteiger partial charge in [0.05, 0.1) is 6.54 Å². The Morgan fingerprint density at radius 2 is 1.88 bits per heavy atom. The number of nitrogens with one attached hydrogen (secondary N) is 1. The molecule has 0 aliphatic heterocycles. The minimum absolute atomic E-state index is 0.408. The summed E-state index contributed by atoms with van der Waals surface area (Å²) < 4.78 is 25.7. The molecule has 0 unspecified atom stereocenters. The molecule has 0 rings (SSSR count). The molecule has 1 amide bonds. The highest BCUT2D eigenvalue weighted by atomic mass is 32.2. The van der Waals surface area contributed by atoms with Crippen LogP contribution < -0.4 is 10.5 Å². The minimum Gasteiger partial charge on any atom is -0.480 e. The number of carboxylic acid groups (broad SMARTS) is 1. The number of carbonyl (C=O) groups is 2. The van der Waals surface area contributed by atoms with E-state index in [1.807, 2.05) is 0 Å². The summed E-state index contributed by atoms with van der Waals surface area (Å²) in [6.07, 6.45) is 0. The van der Waals surface area contributed by atoms with Gasteiger partial charge in [0.2, 0.25) is 5.91 Å². The van der Waals surface area contributed by atoms with Crippen LogP contribution in [0.3, 0.4) is 0 Å². The monoisotopic (exact) mass is 253 g/mol. The van der Waals surface area contributed by atoms with E-state index < -0.39 is 41.2 Å². The van der Waals surface area contributed by atoms with Crippen LogP contribution in [0.1, 0.15) is 13.8 Å². The van der Waals surface area contributed by atoms with Gasteiger partial charge in [0, 0.05) is 6.04 Å². The smallest absolute Gasteiger partial charge is 0.318 e. The first-order valence-corrected chi connectivity index (χ1v) is 5.86. The summed E-state index contributed by atoms with van der Waals surface area (Å²) >= 11 is 0. The van der Waals surface area contributed by atoms with Gasteiger partial charge in [-0.3, -0.25) is 9.59 Å². The second kappa shape index (κ2) is 5.77. The van der Waals surface area contributed by atoms with Crippen LogP contribution in [-0.2, 0) is 19.8 Å². The maximum Gasteiger partial charge on any atom is 0.318 e. The first kappa shape index (κ1) is 14.8. The summed E-state index contributed by atoms with van der Waals surface area (Å²) in [4.78, 5) is 21.1. The topological polar surface area (TPSA) is 130 Å². The SMILES string of the molecule is CC(C)NS(=O)(=O)N(CC(N)=O)CC(=O)O. The maximum absolute atomic E-state index is 11.6. The van der Waals surface area contributed by atoms with Gasteiger partial charge >= 0.3 is 5.97 Å². The molecule has 0 aromatic rings. The largest absolute Gasteiger partial charge is 0.480 e. The maximum atomic E-state index is 11.6. The summed E-state index contributed by atoms with van der Waals surface area (Å²) in [6, 6.07) is -0.408. The second-order valence-corrected chi connectivity index (χ2v) is 5.11. The van der Waals surface area contributed by atoms with E-state index in [2.05, 4.69) is 4.72 Å². The summed E-state index contributed by atoms with van der Waals surface area (Å²) in [5, 5.41) is 8.51. The molecule has 0 radical (unpaired) electrons. The van der Waals surface area contributed by atoms with Crippen LogP contribution in [0.4, 0.5) is 0 Å². The molecule has 94 valence electrons. The van der Waals surface area contributed by atoms with Crippen molar-refractivity contribution in [3.63, 3.8) is 0 Å². The molecule has 0 bridgehead atoms. The molecule has 0 saturated heterocycles. The van der Waals surface area contributed by atoms with E-state index in [9.17, 15) is 18.0 Å². The van der Waals surface area contributed by atoms with Crippen LogP contribution in [0.25, 0.3) is 0 Å². The van der Waals surface area contributed by atoms with Crippen LogP contribution in [-0.4, -0.2) is 48.8 Å². The molecule has 0 saturated carbocycles. The van der Waals surface area contributed by atoms with Gasteiger partial charge in [0.1, 0.15) is 6.54 Å². The van der Waals surface area contributed by atoms with Gasteiger partial charge in [-0.1, -0.05) is 0 Å². The molecular formula is C7H15N3O5S. The third-order valence-corrected chi connectivity index (χ3v) is 3.08. The Morgan fingerprint density at radius 3 is 2.19 bits per heavy atom. The van der Waals surface area contributed by atoms with E-state index in [-0.39, 0.29) is 0 Å². The first-order valence-electron chi connectivity index (χ1n) is 4.42. The van der Waals surface area contributed by atoms with E-state index in [0.29, 0.717) is 4.31 Å². The number of hydrogen-bond acceptors (Lipinski definition) is 4. The van der Waals surface area contributed by atoms with Crippen molar-refractivity contribution in [1.29, 1.82) is 0 Å². The minimum atomic E-state index is -4.01. The summed E-state index contributed by atoms with van der Waals surface area (Å²) in [5.41, 5.74) is 4.83. The molecule has 0 fully saturated rings. The fraction of sp³-hybridized carbons (Fsp3) is 0.714. The highest BCUT2D eigenvalue weighted by molar-refractivity contribution is 7.87. The molecule has 16 heavy (non-hydrogen) atoms. The second-order valence-electron chi connectivity index (χ2n) is 3.41. The number of aliphatic carboxylic acids is 1. The van der Waals surface area contributed by atoms with Crippen molar-refractivity contribution in [3.8, 4) is 0 Å². The molecule has 4 N–H and O–H groups in total. The Morgan fingerprint density at radius 1 is 1.38 bits per heavy atom. The number of carboxylic acids is 1. The van der Waals surface area contributed by atoms with E-state index in [1.165, 1.54) is 0 Å². The van der Waals surface area contributed by atoms with Crippen molar-refractivity contribution in [3.05, 3.63) is 0 Å². The number of nitrogens with two attached hydrogens (primary N) is 1. The molecule has 0 aliphatic rings. The van der Waals surface area contributed by atoms with Gasteiger partial charge in [-0.15, -0.1) is 0 Å². The van der Waals surface area contributed by atoms with Crippen molar-refractivity contribution >= 4 is 22.1 Å². The van der Waals surface area contributed by atoms with Gasteiger partial charge in [-0.2, -0.15) is 17.4 Å². The lowest BCUT2D eigenvalue weighted by molar-refractivity contribution is -0.137. The molecular weight excluding hydrogens is 238 g/mol. The van der Waals surface area contributed by atoms with Crippen LogP contribution in [0.15, 0.2) is 0 Å². The third-order valence-electron chi connectivity index (χ3n) is 1.37. The summed E-state index contributed by atoms with van der Waals surface area (Å²) in [7, 11) is -4.01. The van der Waals surface area contributed by atoms with E-state index in [0.717, 1.165) is 0 Å². The highest BCUT2D eigenvalue weighted by Gasteiger charge is 2.26. The molecule has 0 atom stereocenters. The Hall–Kier alpha value is -1.19.